The van der Waals surface area contributed by atoms with Gasteiger partial charge in [-0.2, -0.15) is 0 Å². The van der Waals surface area contributed by atoms with Crippen molar-refractivity contribution >= 4 is 0 Å². The van der Waals surface area contributed by atoms with Gasteiger partial charge in [0.1, 0.15) is 0 Å². The van der Waals surface area contributed by atoms with Crippen molar-refractivity contribution in [3.63, 3.8) is 0 Å². The summed E-state index contributed by atoms with van der Waals surface area (Å²) in [7, 11) is 0. The fraction of sp³-hybridized carbons (Fsp3) is 0.714. The van der Waals surface area contributed by atoms with E-state index in [9.17, 15) is 5.11 Å². The van der Waals surface area contributed by atoms with Crippen molar-refractivity contribution < 1.29 is 14.6 Å². The molecule has 2 bridgehead atoms. The van der Waals surface area contributed by atoms with Crippen molar-refractivity contribution in [2.75, 3.05) is 0 Å². The quantitative estimate of drug-likeness (QED) is 0.800. The van der Waals surface area contributed by atoms with E-state index in [1.165, 1.54) is 5.56 Å². The minimum absolute atomic E-state index is 0.111. The Morgan fingerprint density at radius 1 is 1.25 bits per heavy atom. The highest BCUT2D eigenvalue weighted by Gasteiger charge is 2.67. The van der Waals surface area contributed by atoms with Crippen molar-refractivity contribution in [3.05, 3.63) is 35.9 Å². The highest BCUT2D eigenvalue weighted by molar-refractivity contribution is 5.17. The predicted molar refractivity (Wildman–Crippen MR) is 95.8 cm³/mol. The fourth-order valence-corrected chi connectivity index (χ4v) is 4.75. The van der Waals surface area contributed by atoms with Gasteiger partial charge in [-0.3, -0.25) is 0 Å². The van der Waals surface area contributed by atoms with Crippen LogP contribution in [0, 0.1) is 5.41 Å². The van der Waals surface area contributed by atoms with Gasteiger partial charge in [-0.15, -0.1) is 0 Å². The molecule has 2 aliphatic rings. The Kier molecular flexibility index (Phi) is 4.80. The van der Waals surface area contributed by atoms with Crippen LogP contribution in [0.4, 0.5) is 0 Å². The molecule has 1 unspecified atom stereocenters. The Hall–Kier alpha value is -0.900. The number of aliphatic hydroxyl groups excluding tert-OH is 1. The molecule has 2 fully saturated rings. The lowest BCUT2D eigenvalue weighted by Crippen LogP contribution is -2.50. The molecule has 3 nitrogen and oxygen atoms in total. The third-order valence-electron chi connectivity index (χ3n) is 6.74. The number of hydrogen-bond acceptors (Lipinski definition) is 3. The Bertz CT molecular complexity index is 555. The van der Waals surface area contributed by atoms with Gasteiger partial charge in [0.15, 0.2) is 0 Å². The molecule has 0 radical (unpaired) electrons. The van der Waals surface area contributed by atoms with Crippen LogP contribution in [0.2, 0.25) is 0 Å². The van der Waals surface area contributed by atoms with Crippen LogP contribution in [0.3, 0.4) is 0 Å². The molecule has 2 saturated heterocycles. The lowest BCUT2D eigenvalue weighted by Gasteiger charge is -2.44. The van der Waals surface area contributed by atoms with Crippen molar-refractivity contribution in [1.29, 1.82) is 0 Å². The topological polar surface area (TPSA) is 38.7 Å². The van der Waals surface area contributed by atoms with E-state index >= 15 is 0 Å². The van der Waals surface area contributed by atoms with E-state index in [-0.39, 0.29) is 28.8 Å². The summed E-state index contributed by atoms with van der Waals surface area (Å²) in [6, 6.07) is 10.3. The van der Waals surface area contributed by atoms with Crippen LogP contribution in [-0.2, 0) is 16.1 Å². The lowest BCUT2D eigenvalue weighted by atomic mass is 9.64. The third kappa shape index (κ3) is 2.71. The molecule has 0 aliphatic carbocycles. The summed E-state index contributed by atoms with van der Waals surface area (Å²) in [6.45, 7) is 9.19. The maximum absolute atomic E-state index is 10.6. The van der Waals surface area contributed by atoms with E-state index in [2.05, 4.69) is 32.9 Å². The standard InChI is InChI=1S/C21H32O3/c1-5-17(22)19(3,4)21-13-12-20(6-2,24-21)18(14-21)23-15-16-10-8-7-9-11-16/h7-11,17-18,22H,5-6,12-15H2,1-4H3/t17?,18-,20+,21-/m0/s1. The summed E-state index contributed by atoms with van der Waals surface area (Å²) in [5, 5.41) is 10.6. The van der Waals surface area contributed by atoms with Crippen molar-refractivity contribution in [2.24, 2.45) is 5.41 Å². The van der Waals surface area contributed by atoms with Gasteiger partial charge in [0.2, 0.25) is 0 Å². The molecule has 2 aliphatic heterocycles. The molecule has 3 heteroatoms. The zero-order valence-corrected chi connectivity index (χ0v) is 15.5. The van der Waals surface area contributed by atoms with Crippen LogP contribution in [-0.4, -0.2) is 28.5 Å². The first-order valence-corrected chi connectivity index (χ1v) is 9.43. The van der Waals surface area contributed by atoms with Gasteiger partial charge in [0, 0.05) is 11.8 Å². The Balaban J connectivity index is 1.78. The van der Waals surface area contributed by atoms with Crippen molar-refractivity contribution in [3.8, 4) is 0 Å². The second-order valence-corrected chi connectivity index (χ2v) is 8.15. The van der Waals surface area contributed by atoms with Gasteiger partial charge < -0.3 is 14.6 Å². The van der Waals surface area contributed by atoms with E-state index < -0.39 is 0 Å². The van der Waals surface area contributed by atoms with Gasteiger partial charge >= 0.3 is 0 Å². The fourth-order valence-electron chi connectivity index (χ4n) is 4.75. The second-order valence-electron chi connectivity index (χ2n) is 8.15. The molecule has 3 rings (SSSR count). The molecule has 1 aromatic rings. The first kappa shape index (κ1) is 17.9. The summed E-state index contributed by atoms with van der Waals surface area (Å²) < 4.78 is 13.0. The molecule has 1 N–H and O–H groups in total. The molecular weight excluding hydrogens is 300 g/mol. The smallest absolute Gasteiger partial charge is 0.0950 e. The lowest BCUT2D eigenvalue weighted by molar-refractivity contribution is -0.156. The van der Waals surface area contributed by atoms with Gasteiger partial charge in [-0.1, -0.05) is 58.0 Å². The summed E-state index contributed by atoms with van der Waals surface area (Å²) >= 11 is 0. The molecule has 4 atom stereocenters. The van der Waals surface area contributed by atoms with Gasteiger partial charge in [0.25, 0.3) is 0 Å². The molecule has 1 aromatic carbocycles. The minimum Gasteiger partial charge on any atom is -0.392 e. The molecule has 24 heavy (non-hydrogen) atoms. The van der Waals surface area contributed by atoms with E-state index in [0.717, 1.165) is 32.1 Å². The molecule has 0 aromatic heterocycles. The monoisotopic (exact) mass is 332 g/mol. The van der Waals surface area contributed by atoms with Crippen LogP contribution in [0.25, 0.3) is 0 Å². The Morgan fingerprint density at radius 2 is 1.96 bits per heavy atom. The van der Waals surface area contributed by atoms with Crippen LogP contribution in [0.1, 0.15) is 65.4 Å². The van der Waals surface area contributed by atoms with Crippen LogP contribution < -0.4 is 0 Å². The first-order valence-electron chi connectivity index (χ1n) is 9.43. The largest absolute Gasteiger partial charge is 0.392 e. The normalized spacial score (nSPS) is 33.8. The Morgan fingerprint density at radius 3 is 2.58 bits per heavy atom. The molecule has 134 valence electrons. The average molecular weight is 332 g/mol. The van der Waals surface area contributed by atoms with Gasteiger partial charge in [-0.25, -0.2) is 0 Å². The van der Waals surface area contributed by atoms with E-state index in [4.69, 9.17) is 9.47 Å². The molecule has 0 saturated carbocycles. The maximum atomic E-state index is 10.6. The summed E-state index contributed by atoms with van der Waals surface area (Å²) in [5.74, 6) is 0. The molecule has 2 heterocycles. The molecule has 0 amide bonds. The van der Waals surface area contributed by atoms with E-state index in [0.29, 0.717) is 6.61 Å². The highest BCUT2D eigenvalue weighted by Crippen LogP contribution is 2.61. The van der Waals surface area contributed by atoms with Crippen molar-refractivity contribution in [1.82, 2.24) is 0 Å². The molecule has 0 spiro atoms. The van der Waals surface area contributed by atoms with Crippen LogP contribution >= 0.6 is 0 Å². The molecular formula is C21H32O3. The highest BCUT2D eigenvalue weighted by atomic mass is 16.6. The number of benzene rings is 1. The van der Waals surface area contributed by atoms with Gasteiger partial charge in [-0.05, 0) is 31.2 Å². The van der Waals surface area contributed by atoms with Crippen molar-refractivity contribution in [2.45, 2.75) is 89.8 Å². The second kappa shape index (κ2) is 6.44. The van der Waals surface area contributed by atoms with E-state index in [1.54, 1.807) is 0 Å². The average Bonchev–Trinajstić information content (AvgIpc) is 3.16. The minimum atomic E-state index is -0.349. The number of hydrogen-bond donors (Lipinski definition) is 1. The van der Waals surface area contributed by atoms with Crippen LogP contribution in [0.5, 0.6) is 0 Å². The number of aliphatic hydroxyl groups is 1. The third-order valence-corrected chi connectivity index (χ3v) is 6.74. The summed E-state index contributed by atoms with van der Waals surface area (Å²) in [4.78, 5) is 0. The number of ether oxygens (including phenoxy) is 2. The zero-order chi connectivity index (χ0) is 17.4. The summed E-state index contributed by atoms with van der Waals surface area (Å²) in [5.41, 5.74) is 0.497. The van der Waals surface area contributed by atoms with E-state index in [1.807, 2.05) is 25.1 Å². The number of rotatable bonds is 7. The maximum Gasteiger partial charge on any atom is 0.0950 e. The summed E-state index contributed by atoms with van der Waals surface area (Å²) in [6.07, 6.45) is 4.42. The zero-order valence-electron chi connectivity index (χ0n) is 15.5. The first-order chi connectivity index (χ1) is 11.4. The SMILES string of the molecule is CCC(O)C(C)(C)[C@@]12CC[C@@](CC)(O1)[C@@H](OCc1ccccc1)C2. The van der Waals surface area contributed by atoms with Crippen LogP contribution in [0.15, 0.2) is 30.3 Å². The number of fused-ring (bicyclic) bond motifs is 2. The predicted octanol–water partition coefficient (Wildman–Crippen LogP) is 4.47. The Labute approximate surface area is 146 Å². The van der Waals surface area contributed by atoms with Gasteiger partial charge in [0.05, 0.1) is 30.0 Å².